The molecule has 0 aliphatic carbocycles. The first kappa shape index (κ1) is 13.3. The fraction of sp³-hybridized carbons (Fsp3) is 0.636. The van der Waals surface area contributed by atoms with E-state index in [1.165, 1.54) is 0 Å². The molecule has 0 radical (unpaired) electrons. The van der Waals surface area contributed by atoms with Gasteiger partial charge in [0.2, 0.25) is 0 Å². The van der Waals surface area contributed by atoms with Crippen LogP contribution >= 0.6 is 0 Å². The van der Waals surface area contributed by atoms with Gasteiger partial charge in [0.1, 0.15) is 0 Å². The van der Waals surface area contributed by atoms with Gasteiger partial charge in [-0.1, -0.05) is 4.91 Å². The zero-order valence-electron chi connectivity index (χ0n) is 10.0. The second-order valence-corrected chi connectivity index (χ2v) is 3.68. The number of nitrogens with zero attached hydrogens (tertiary/aromatic N) is 2. The van der Waals surface area contributed by atoms with Crippen LogP contribution in [0.15, 0.2) is 17.6 Å². The van der Waals surface area contributed by atoms with Crippen molar-refractivity contribution in [2.24, 2.45) is 5.18 Å². The van der Waals surface area contributed by atoms with Crippen molar-refractivity contribution in [2.75, 3.05) is 6.61 Å². The predicted molar refractivity (Wildman–Crippen MR) is 61.5 cm³/mol. The number of hydrogen-bond acceptors (Lipinski definition) is 4. The first-order chi connectivity index (χ1) is 8.27. The van der Waals surface area contributed by atoms with E-state index in [2.05, 4.69) is 10.2 Å². The molecule has 0 aliphatic heterocycles. The maximum atomic E-state index is 11.0. The molecule has 0 saturated heterocycles. The summed E-state index contributed by atoms with van der Waals surface area (Å²) in [7, 11) is 0. The molecule has 0 atom stereocenters. The number of aryl methyl sites for hydroxylation is 1. The first-order valence-electron chi connectivity index (χ1n) is 5.83. The third kappa shape index (κ3) is 4.76. The van der Waals surface area contributed by atoms with E-state index in [0.717, 1.165) is 25.8 Å². The molecule has 0 fully saturated rings. The van der Waals surface area contributed by atoms with Gasteiger partial charge in [0, 0.05) is 6.42 Å². The van der Waals surface area contributed by atoms with E-state index in [-0.39, 0.29) is 5.97 Å². The summed E-state index contributed by atoms with van der Waals surface area (Å²) in [6.07, 6.45) is 6.56. The summed E-state index contributed by atoms with van der Waals surface area (Å²) in [5, 5.41) is 2.87. The molecule has 0 saturated carbocycles. The summed E-state index contributed by atoms with van der Waals surface area (Å²) >= 11 is 0. The van der Waals surface area contributed by atoms with Gasteiger partial charge >= 0.3 is 11.9 Å². The molecule has 6 heteroatoms. The molecule has 1 aromatic rings. The summed E-state index contributed by atoms with van der Waals surface area (Å²) in [6, 6.07) is 0. The molecule has 0 spiro atoms. The SMILES string of the molecule is CCOC(=O)CCCCC[n+]1cc[nH]c1N=O. The van der Waals surface area contributed by atoms with Crippen molar-refractivity contribution >= 4 is 11.9 Å². The minimum Gasteiger partial charge on any atom is -0.466 e. The molecular weight excluding hydrogens is 222 g/mol. The van der Waals surface area contributed by atoms with E-state index in [1.807, 2.05) is 0 Å². The van der Waals surface area contributed by atoms with Crippen LogP contribution in [-0.4, -0.2) is 17.6 Å². The van der Waals surface area contributed by atoms with Gasteiger partial charge in [-0.05, 0) is 26.2 Å². The molecular formula is C11H18N3O3+. The maximum Gasteiger partial charge on any atom is 0.440 e. The quantitative estimate of drug-likeness (QED) is 0.326. The number of nitroso groups, excluding NO2 is 1. The Kier molecular flexibility index (Phi) is 5.92. The highest BCUT2D eigenvalue weighted by Crippen LogP contribution is 2.03. The number of hydrogen-bond donors (Lipinski definition) is 1. The molecule has 6 nitrogen and oxygen atoms in total. The molecule has 0 amide bonds. The summed E-state index contributed by atoms with van der Waals surface area (Å²) in [6.45, 7) is 2.97. The Bertz CT molecular complexity index is 363. The maximum absolute atomic E-state index is 11.0. The van der Waals surface area contributed by atoms with Gasteiger partial charge < -0.3 is 4.74 Å². The number of imidazole rings is 1. The van der Waals surface area contributed by atoms with Gasteiger partial charge in [-0.15, -0.1) is 0 Å². The van der Waals surface area contributed by atoms with Gasteiger partial charge in [0.15, 0.2) is 5.18 Å². The molecule has 1 heterocycles. The Morgan fingerprint density at radius 3 is 3.00 bits per heavy atom. The van der Waals surface area contributed by atoms with Crippen LogP contribution in [0.4, 0.5) is 5.95 Å². The van der Waals surface area contributed by atoms with E-state index in [0.29, 0.717) is 19.0 Å². The molecule has 0 bridgehead atoms. The van der Waals surface area contributed by atoms with Crippen molar-refractivity contribution < 1.29 is 14.1 Å². The minimum absolute atomic E-state index is 0.142. The molecule has 17 heavy (non-hydrogen) atoms. The molecule has 1 rings (SSSR count). The standard InChI is InChI=1S/C11H17N3O3/c1-2-17-10(15)6-4-3-5-8-14-9-7-12-11(14)13-16/h7,9H,2-6,8H2,1H3/p+1. The zero-order chi connectivity index (χ0) is 12.5. The van der Waals surface area contributed by atoms with Gasteiger partial charge in [0.05, 0.1) is 25.5 Å². The second-order valence-electron chi connectivity index (χ2n) is 3.68. The Morgan fingerprint density at radius 1 is 1.47 bits per heavy atom. The van der Waals surface area contributed by atoms with E-state index in [4.69, 9.17) is 4.74 Å². The summed E-state index contributed by atoms with van der Waals surface area (Å²) < 4.78 is 6.59. The fourth-order valence-electron chi connectivity index (χ4n) is 1.58. The lowest BCUT2D eigenvalue weighted by molar-refractivity contribution is -0.683. The van der Waals surface area contributed by atoms with Crippen LogP contribution in [-0.2, 0) is 16.1 Å². The highest BCUT2D eigenvalue weighted by Gasteiger charge is 2.10. The third-order valence-corrected chi connectivity index (χ3v) is 2.41. The van der Waals surface area contributed by atoms with E-state index in [9.17, 15) is 9.70 Å². The van der Waals surface area contributed by atoms with Crippen molar-refractivity contribution in [3.8, 4) is 0 Å². The van der Waals surface area contributed by atoms with Gasteiger partial charge in [-0.25, -0.2) is 9.55 Å². The third-order valence-electron chi connectivity index (χ3n) is 2.41. The first-order valence-corrected chi connectivity index (χ1v) is 5.83. The lowest BCUT2D eigenvalue weighted by Crippen LogP contribution is -2.31. The highest BCUT2D eigenvalue weighted by atomic mass is 16.5. The number of aromatic nitrogens is 2. The molecule has 1 aromatic heterocycles. The summed E-state index contributed by atoms with van der Waals surface area (Å²) in [5.74, 6) is 0.187. The number of carbonyl (C=O) groups is 1. The molecule has 0 aliphatic rings. The molecule has 1 N–H and O–H groups in total. The average Bonchev–Trinajstić information content (AvgIpc) is 2.76. The topological polar surface area (TPSA) is 75.4 Å². The number of ether oxygens (including phenoxy) is 1. The van der Waals surface area contributed by atoms with Crippen LogP contribution in [0.2, 0.25) is 0 Å². The predicted octanol–water partition coefficient (Wildman–Crippen LogP) is 1.82. The average molecular weight is 240 g/mol. The highest BCUT2D eigenvalue weighted by molar-refractivity contribution is 5.69. The van der Waals surface area contributed by atoms with Crippen LogP contribution < -0.4 is 4.57 Å². The van der Waals surface area contributed by atoms with E-state index >= 15 is 0 Å². The van der Waals surface area contributed by atoms with Crippen molar-refractivity contribution in [3.05, 3.63) is 17.3 Å². The number of esters is 1. The fourth-order valence-corrected chi connectivity index (χ4v) is 1.58. The van der Waals surface area contributed by atoms with Crippen molar-refractivity contribution in [1.82, 2.24) is 4.98 Å². The number of carbonyl (C=O) groups excluding carboxylic acids is 1. The van der Waals surface area contributed by atoms with Crippen LogP contribution in [0.1, 0.15) is 32.6 Å². The van der Waals surface area contributed by atoms with Gasteiger partial charge in [0.25, 0.3) is 0 Å². The van der Waals surface area contributed by atoms with E-state index < -0.39 is 0 Å². The number of aromatic amines is 1. The largest absolute Gasteiger partial charge is 0.466 e. The van der Waals surface area contributed by atoms with E-state index in [1.54, 1.807) is 23.9 Å². The smallest absolute Gasteiger partial charge is 0.440 e. The van der Waals surface area contributed by atoms with Crippen LogP contribution in [0, 0.1) is 4.91 Å². The Balaban J connectivity index is 2.12. The Labute approximate surface area is 100.0 Å². The number of unbranched alkanes of at least 4 members (excludes halogenated alkanes) is 2. The van der Waals surface area contributed by atoms with Crippen LogP contribution in [0.25, 0.3) is 0 Å². The van der Waals surface area contributed by atoms with Gasteiger partial charge in [-0.3, -0.25) is 4.79 Å². The lowest BCUT2D eigenvalue weighted by Gasteiger charge is -2.01. The molecule has 0 aromatic carbocycles. The van der Waals surface area contributed by atoms with Gasteiger partial charge in [-0.2, -0.15) is 0 Å². The van der Waals surface area contributed by atoms with Crippen LogP contribution in [0.3, 0.4) is 0 Å². The van der Waals surface area contributed by atoms with Crippen molar-refractivity contribution in [1.29, 1.82) is 0 Å². The van der Waals surface area contributed by atoms with Crippen molar-refractivity contribution in [2.45, 2.75) is 39.2 Å². The monoisotopic (exact) mass is 240 g/mol. The normalized spacial score (nSPS) is 10.2. The summed E-state index contributed by atoms with van der Waals surface area (Å²) in [5.41, 5.74) is 0. The Morgan fingerprint density at radius 2 is 2.29 bits per heavy atom. The Hall–Kier alpha value is -1.72. The minimum atomic E-state index is -0.142. The number of rotatable bonds is 8. The molecule has 94 valence electrons. The lowest BCUT2D eigenvalue weighted by atomic mass is 10.2. The number of nitrogens with one attached hydrogen (secondary N) is 1. The van der Waals surface area contributed by atoms with Crippen LogP contribution in [0.5, 0.6) is 0 Å². The molecule has 0 unspecified atom stereocenters. The zero-order valence-corrected chi connectivity index (χ0v) is 10.0. The number of H-pyrrole nitrogens is 1. The second kappa shape index (κ2) is 7.54. The van der Waals surface area contributed by atoms with Crippen molar-refractivity contribution in [3.63, 3.8) is 0 Å². The summed E-state index contributed by atoms with van der Waals surface area (Å²) in [4.78, 5) is 24.2.